The van der Waals surface area contributed by atoms with Crippen LogP contribution in [0.5, 0.6) is 0 Å². The average molecular weight is 157 g/mol. The molecular formula is C12H13. The topological polar surface area (TPSA) is 0 Å². The Labute approximate surface area is 74.6 Å². The second kappa shape index (κ2) is 3.45. The number of benzene rings is 1. The molecule has 0 N–H and O–H groups in total. The van der Waals surface area contributed by atoms with Crippen LogP contribution in [0, 0.1) is 33.1 Å². The third-order valence-corrected chi connectivity index (χ3v) is 2.11. The first kappa shape index (κ1) is 8.87. The molecule has 0 aliphatic heterocycles. The van der Waals surface area contributed by atoms with Crippen LogP contribution < -0.4 is 0 Å². The van der Waals surface area contributed by atoms with Crippen molar-refractivity contribution in [1.29, 1.82) is 0 Å². The second-order valence-electron chi connectivity index (χ2n) is 3.23. The molecular weight excluding hydrogens is 144 g/mol. The zero-order valence-corrected chi connectivity index (χ0v) is 7.86. The van der Waals surface area contributed by atoms with Crippen LogP contribution in [0.3, 0.4) is 0 Å². The van der Waals surface area contributed by atoms with Gasteiger partial charge in [-0.25, -0.2) is 0 Å². The normalized spacial score (nSPS) is 9.50. The van der Waals surface area contributed by atoms with Gasteiger partial charge in [-0.1, -0.05) is 23.6 Å². The van der Waals surface area contributed by atoms with Gasteiger partial charge in [-0.05, 0) is 43.9 Å². The molecule has 12 heavy (non-hydrogen) atoms. The fourth-order valence-electron chi connectivity index (χ4n) is 1.58. The van der Waals surface area contributed by atoms with Crippen LogP contribution in [0.15, 0.2) is 12.1 Å². The molecule has 0 amide bonds. The van der Waals surface area contributed by atoms with E-state index < -0.39 is 0 Å². The molecule has 0 bridgehead atoms. The van der Waals surface area contributed by atoms with E-state index in [0.717, 1.165) is 0 Å². The predicted molar refractivity (Wildman–Crippen MR) is 51.5 cm³/mol. The zero-order valence-electron chi connectivity index (χ0n) is 7.86. The van der Waals surface area contributed by atoms with Crippen molar-refractivity contribution >= 4 is 0 Å². The Bertz CT molecular complexity index is 303. The first-order valence-electron chi connectivity index (χ1n) is 4.11. The Kier molecular flexibility index (Phi) is 2.55. The van der Waals surface area contributed by atoms with Crippen molar-refractivity contribution < 1.29 is 0 Å². The van der Waals surface area contributed by atoms with E-state index in [2.05, 4.69) is 38.8 Å². The molecule has 0 aliphatic rings. The highest BCUT2D eigenvalue weighted by Gasteiger charge is 2.01. The molecule has 1 radical (unpaired) electrons. The molecule has 0 heteroatoms. The quantitative estimate of drug-likeness (QED) is 0.550. The molecule has 0 nitrogen and oxygen atoms in total. The maximum Gasteiger partial charge on any atom is 0.0355 e. The number of aryl methyl sites for hydroxylation is 3. The number of rotatable bonds is 1. The van der Waals surface area contributed by atoms with Crippen molar-refractivity contribution in [3.05, 3.63) is 40.8 Å². The lowest BCUT2D eigenvalue weighted by Crippen LogP contribution is -1.93. The molecule has 0 spiro atoms. The lowest BCUT2D eigenvalue weighted by molar-refractivity contribution is 1.17. The molecule has 0 saturated heterocycles. The molecule has 0 fully saturated rings. The van der Waals surface area contributed by atoms with Crippen molar-refractivity contribution in [3.8, 4) is 5.92 Å². The van der Waals surface area contributed by atoms with Gasteiger partial charge in [0, 0.05) is 6.42 Å². The fraction of sp³-hybridized carbons (Fsp3) is 0.333. The summed E-state index contributed by atoms with van der Waals surface area (Å²) in [4.78, 5) is 0. The maximum absolute atomic E-state index is 6.94. The van der Waals surface area contributed by atoms with E-state index in [4.69, 9.17) is 6.42 Å². The summed E-state index contributed by atoms with van der Waals surface area (Å²) in [5, 5.41) is 0. The number of hydrogen-bond donors (Lipinski definition) is 0. The summed E-state index contributed by atoms with van der Waals surface area (Å²) in [6.45, 7) is 6.28. The third-order valence-electron chi connectivity index (χ3n) is 2.11. The van der Waals surface area contributed by atoms with Crippen LogP contribution >= 0.6 is 0 Å². The second-order valence-corrected chi connectivity index (χ2v) is 3.23. The predicted octanol–water partition coefficient (Wildman–Crippen LogP) is 2.74. The molecule has 1 aromatic rings. The summed E-state index contributed by atoms with van der Waals surface area (Å²) in [6, 6.07) is 4.30. The van der Waals surface area contributed by atoms with Crippen molar-refractivity contribution in [2.24, 2.45) is 0 Å². The molecule has 0 aromatic heterocycles. The molecule has 61 valence electrons. The maximum atomic E-state index is 6.94. The Balaban J connectivity index is 3.21. The van der Waals surface area contributed by atoms with E-state index in [0.29, 0.717) is 6.42 Å². The minimum absolute atomic E-state index is 0.637. The summed E-state index contributed by atoms with van der Waals surface area (Å²) in [7, 11) is 0. The molecule has 1 aromatic carbocycles. The van der Waals surface area contributed by atoms with Crippen molar-refractivity contribution in [1.82, 2.24) is 0 Å². The first-order valence-corrected chi connectivity index (χ1v) is 4.11. The van der Waals surface area contributed by atoms with Crippen LogP contribution in [0.2, 0.25) is 0 Å². The van der Waals surface area contributed by atoms with Gasteiger partial charge in [0.1, 0.15) is 0 Å². The largest absolute Gasteiger partial charge is 0.0843 e. The zero-order chi connectivity index (χ0) is 9.14. The van der Waals surface area contributed by atoms with Crippen LogP contribution in [-0.4, -0.2) is 0 Å². The van der Waals surface area contributed by atoms with Gasteiger partial charge in [-0.3, -0.25) is 0 Å². The summed E-state index contributed by atoms with van der Waals surface area (Å²) in [6.07, 6.45) is 7.57. The van der Waals surface area contributed by atoms with Crippen molar-refractivity contribution in [2.45, 2.75) is 27.2 Å². The summed E-state index contributed by atoms with van der Waals surface area (Å²) in [5.74, 6) is 2.44. The van der Waals surface area contributed by atoms with Crippen molar-refractivity contribution in [3.63, 3.8) is 0 Å². The Morgan fingerprint density at radius 2 is 1.67 bits per heavy atom. The molecule has 1 rings (SSSR count). The third kappa shape index (κ3) is 1.68. The minimum atomic E-state index is 0.637. The van der Waals surface area contributed by atoms with E-state index in [9.17, 15) is 0 Å². The summed E-state index contributed by atoms with van der Waals surface area (Å²) < 4.78 is 0. The fourth-order valence-corrected chi connectivity index (χ4v) is 1.58. The summed E-state index contributed by atoms with van der Waals surface area (Å²) in [5.41, 5.74) is 5.08. The number of hydrogen-bond acceptors (Lipinski definition) is 0. The van der Waals surface area contributed by atoms with Crippen LogP contribution in [0.25, 0.3) is 0 Å². The van der Waals surface area contributed by atoms with Gasteiger partial charge in [0.15, 0.2) is 0 Å². The van der Waals surface area contributed by atoms with E-state index in [1.165, 1.54) is 22.3 Å². The van der Waals surface area contributed by atoms with Gasteiger partial charge in [0.2, 0.25) is 0 Å². The molecule has 0 heterocycles. The molecule has 0 aliphatic carbocycles. The SMILES string of the molecule is [C]#CCc1c(C)cc(C)cc1C. The van der Waals surface area contributed by atoms with Crippen molar-refractivity contribution in [2.75, 3.05) is 0 Å². The Hall–Kier alpha value is -1.22. The molecule has 0 saturated carbocycles. The molecule has 0 unspecified atom stereocenters. The van der Waals surface area contributed by atoms with E-state index >= 15 is 0 Å². The van der Waals surface area contributed by atoms with Crippen LogP contribution in [0.4, 0.5) is 0 Å². The first-order chi connectivity index (χ1) is 5.65. The van der Waals surface area contributed by atoms with Crippen LogP contribution in [-0.2, 0) is 6.42 Å². The minimum Gasteiger partial charge on any atom is -0.0843 e. The smallest absolute Gasteiger partial charge is 0.0355 e. The summed E-state index contributed by atoms with van der Waals surface area (Å²) >= 11 is 0. The van der Waals surface area contributed by atoms with Gasteiger partial charge in [-0.15, -0.1) is 0 Å². The van der Waals surface area contributed by atoms with E-state index in [1.807, 2.05) is 0 Å². The standard InChI is InChI=1S/C12H13/c1-5-6-12-10(3)7-9(2)8-11(12)4/h7-8H,6H2,2-4H3. The average Bonchev–Trinajstić information content (AvgIpc) is 1.96. The van der Waals surface area contributed by atoms with Gasteiger partial charge in [0.05, 0.1) is 0 Å². The van der Waals surface area contributed by atoms with E-state index in [-0.39, 0.29) is 0 Å². The van der Waals surface area contributed by atoms with Gasteiger partial charge >= 0.3 is 0 Å². The lowest BCUT2D eigenvalue weighted by Gasteiger charge is -2.07. The van der Waals surface area contributed by atoms with Gasteiger partial charge in [-0.2, -0.15) is 0 Å². The van der Waals surface area contributed by atoms with Gasteiger partial charge in [0.25, 0.3) is 0 Å². The lowest BCUT2D eigenvalue weighted by atomic mass is 9.98. The Morgan fingerprint density at radius 1 is 1.17 bits per heavy atom. The highest BCUT2D eigenvalue weighted by Crippen LogP contribution is 2.16. The Morgan fingerprint density at radius 3 is 2.08 bits per heavy atom. The highest BCUT2D eigenvalue weighted by molar-refractivity contribution is 5.39. The van der Waals surface area contributed by atoms with Gasteiger partial charge < -0.3 is 0 Å². The monoisotopic (exact) mass is 157 g/mol. The highest BCUT2D eigenvalue weighted by atomic mass is 14.1. The molecule has 0 atom stereocenters. The van der Waals surface area contributed by atoms with Crippen LogP contribution in [0.1, 0.15) is 22.3 Å². The van der Waals surface area contributed by atoms with E-state index in [1.54, 1.807) is 0 Å².